The topological polar surface area (TPSA) is 50.2 Å². The summed E-state index contributed by atoms with van der Waals surface area (Å²) >= 11 is 6.93. The maximum atomic E-state index is 13.2. The van der Waals surface area contributed by atoms with E-state index in [0.717, 1.165) is 0 Å². The molecule has 1 aromatic carbocycles. The lowest BCUT2D eigenvalue weighted by Crippen LogP contribution is -1.98. The summed E-state index contributed by atoms with van der Waals surface area (Å²) in [5, 5.41) is 9.58. The molecular formula is C11H7ClFNO2S. The lowest BCUT2D eigenvalue weighted by molar-refractivity contribution is 0.0690. The Morgan fingerprint density at radius 1 is 1.47 bits per heavy atom. The molecule has 0 unspecified atom stereocenters. The number of hydrogen-bond donors (Lipinski definition) is 1. The maximum Gasteiger partial charge on any atom is 0.355 e. The van der Waals surface area contributed by atoms with Gasteiger partial charge in [0, 0.05) is 15.5 Å². The van der Waals surface area contributed by atoms with Crippen molar-refractivity contribution in [2.45, 2.75) is 6.92 Å². The van der Waals surface area contributed by atoms with Crippen LogP contribution in [-0.2, 0) is 0 Å². The fourth-order valence-electron chi connectivity index (χ4n) is 1.40. The largest absolute Gasteiger partial charge is 0.476 e. The molecule has 0 aliphatic heterocycles. The van der Waals surface area contributed by atoms with Crippen LogP contribution in [-0.4, -0.2) is 16.1 Å². The minimum atomic E-state index is -1.09. The molecule has 3 nitrogen and oxygen atoms in total. The summed E-state index contributed by atoms with van der Waals surface area (Å²) in [5.74, 6) is -1.57. The first-order valence-electron chi connectivity index (χ1n) is 4.64. The SMILES string of the molecule is Cc1sc(-c2cc(F)cc(Cl)c2)nc1C(=O)O. The Labute approximate surface area is 106 Å². The lowest BCUT2D eigenvalue weighted by atomic mass is 10.2. The van der Waals surface area contributed by atoms with Crippen molar-refractivity contribution >= 4 is 28.9 Å². The number of carbonyl (C=O) groups is 1. The fourth-order valence-corrected chi connectivity index (χ4v) is 2.51. The van der Waals surface area contributed by atoms with E-state index in [1.807, 2.05) is 0 Å². The minimum absolute atomic E-state index is 0.00890. The van der Waals surface area contributed by atoms with Crippen LogP contribution < -0.4 is 0 Å². The Balaban J connectivity index is 2.53. The number of aromatic carboxylic acids is 1. The highest BCUT2D eigenvalue weighted by atomic mass is 35.5. The third kappa shape index (κ3) is 2.45. The summed E-state index contributed by atoms with van der Waals surface area (Å²) in [5.41, 5.74) is 0.473. The van der Waals surface area contributed by atoms with Gasteiger partial charge >= 0.3 is 5.97 Å². The molecule has 0 radical (unpaired) electrons. The van der Waals surface area contributed by atoms with Gasteiger partial charge < -0.3 is 5.11 Å². The number of benzene rings is 1. The standard InChI is InChI=1S/C11H7ClFNO2S/c1-5-9(11(15)16)14-10(17-5)6-2-7(12)4-8(13)3-6/h2-4H,1H3,(H,15,16). The van der Waals surface area contributed by atoms with Gasteiger partial charge in [-0.3, -0.25) is 0 Å². The number of hydrogen-bond acceptors (Lipinski definition) is 3. The van der Waals surface area contributed by atoms with Crippen LogP contribution in [0.4, 0.5) is 4.39 Å². The molecule has 2 rings (SSSR count). The molecule has 0 bridgehead atoms. The van der Waals surface area contributed by atoms with E-state index in [9.17, 15) is 9.18 Å². The average Bonchev–Trinajstić information content (AvgIpc) is 2.59. The molecule has 0 amide bonds. The van der Waals surface area contributed by atoms with Crippen molar-refractivity contribution in [2.24, 2.45) is 0 Å². The van der Waals surface area contributed by atoms with E-state index in [1.54, 1.807) is 13.0 Å². The summed E-state index contributed by atoms with van der Waals surface area (Å²) in [6, 6.07) is 4.01. The van der Waals surface area contributed by atoms with Crippen LogP contribution in [0.1, 0.15) is 15.4 Å². The fraction of sp³-hybridized carbons (Fsp3) is 0.0909. The molecule has 0 saturated heterocycles. The highest BCUT2D eigenvalue weighted by Crippen LogP contribution is 2.30. The van der Waals surface area contributed by atoms with E-state index in [2.05, 4.69) is 4.98 Å². The summed E-state index contributed by atoms with van der Waals surface area (Å²) in [4.78, 5) is 15.4. The van der Waals surface area contributed by atoms with E-state index in [-0.39, 0.29) is 10.7 Å². The van der Waals surface area contributed by atoms with Crippen molar-refractivity contribution in [1.82, 2.24) is 4.98 Å². The van der Waals surface area contributed by atoms with Crippen LogP contribution in [0.5, 0.6) is 0 Å². The Morgan fingerprint density at radius 2 is 2.18 bits per heavy atom. The third-order valence-corrected chi connectivity index (χ3v) is 3.35. The zero-order valence-corrected chi connectivity index (χ0v) is 10.3. The second-order valence-corrected chi connectivity index (χ2v) is 5.03. The van der Waals surface area contributed by atoms with Crippen molar-refractivity contribution in [3.8, 4) is 10.6 Å². The molecule has 88 valence electrons. The molecular weight excluding hydrogens is 265 g/mol. The highest BCUT2D eigenvalue weighted by Gasteiger charge is 2.15. The number of carboxylic acid groups (broad SMARTS) is 1. The van der Waals surface area contributed by atoms with Gasteiger partial charge in [0.25, 0.3) is 0 Å². The third-order valence-electron chi connectivity index (χ3n) is 2.11. The van der Waals surface area contributed by atoms with E-state index >= 15 is 0 Å². The van der Waals surface area contributed by atoms with Crippen LogP contribution in [0.25, 0.3) is 10.6 Å². The first-order valence-corrected chi connectivity index (χ1v) is 5.84. The first kappa shape index (κ1) is 12.0. The Morgan fingerprint density at radius 3 is 2.71 bits per heavy atom. The maximum absolute atomic E-state index is 13.2. The van der Waals surface area contributed by atoms with Crippen LogP contribution in [0.2, 0.25) is 5.02 Å². The predicted molar refractivity (Wildman–Crippen MR) is 64.2 cm³/mol. The zero-order chi connectivity index (χ0) is 12.6. The van der Waals surface area contributed by atoms with Gasteiger partial charge in [-0.15, -0.1) is 11.3 Å². The van der Waals surface area contributed by atoms with Crippen molar-refractivity contribution in [3.63, 3.8) is 0 Å². The number of thiazole rings is 1. The van der Waals surface area contributed by atoms with Crippen LogP contribution in [0.15, 0.2) is 18.2 Å². The molecule has 0 atom stereocenters. The molecule has 1 aromatic heterocycles. The molecule has 0 aliphatic rings. The second kappa shape index (κ2) is 4.43. The molecule has 1 N–H and O–H groups in total. The molecule has 1 heterocycles. The Hall–Kier alpha value is -1.46. The first-order chi connectivity index (χ1) is 7.97. The second-order valence-electron chi connectivity index (χ2n) is 3.39. The van der Waals surface area contributed by atoms with Gasteiger partial charge in [0.05, 0.1) is 0 Å². The van der Waals surface area contributed by atoms with Crippen molar-refractivity contribution in [3.05, 3.63) is 39.6 Å². The molecule has 17 heavy (non-hydrogen) atoms. The number of aryl methyl sites for hydroxylation is 1. The molecule has 6 heteroatoms. The van der Waals surface area contributed by atoms with Gasteiger partial charge in [-0.2, -0.15) is 0 Å². The van der Waals surface area contributed by atoms with Crippen molar-refractivity contribution in [1.29, 1.82) is 0 Å². The van der Waals surface area contributed by atoms with Gasteiger partial charge in [-0.1, -0.05) is 11.6 Å². The number of halogens is 2. The van der Waals surface area contributed by atoms with Crippen molar-refractivity contribution in [2.75, 3.05) is 0 Å². The van der Waals surface area contributed by atoms with Gasteiger partial charge in [-0.25, -0.2) is 14.2 Å². The van der Waals surface area contributed by atoms with Crippen LogP contribution in [0.3, 0.4) is 0 Å². The summed E-state index contributed by atoms with van der Waals surface area (Å²) in [7, 11) is 0. The smallest absolute Gasteiger partial charge is 0.355 e. The lowest BCUT2D eigenvalue weighted by Gasteiger charge is -1.97. The Bertz CT molecular complexity index is 577. The van der Waals surface area contributed by atoms with Gasteiger partial charge in [0.15, 0.2) is 5.69 Å². The number of carboxylic acids is 1. The van der Waals surface area contributed by atoms with Gasteiger partial charge in [-0.05, 0) is 25.1 Å². The Kier molecular flexibility index (Phi) is 3.13. The molecule has 0 saturated carbocycles. The number of rotatable bonds is 2. The van der Waals surface area contributed by atoms with Crippen LogP contribution >= 0.6 is 22.9 Å². The zero-order valence-electron chi connectivity index (χ0n) is 8.70. The molecule has 0 fully saturated rings. The number of aromatic nitrogens is 1. The normalized spacial score (nSPS) is 10.5. The minimum Gasteiger partial charge on any atom is -0.476 e. The van der Waals surface area contributed by atoms with Gasteiger partial charge in [0.1, 0.15) is 10.8 Å². The monoisotopic (exact) mass is 271 g/mol. The van der Waals surface area contributed by atoms with Gasteiger partial charge in [0.2, 0.25) is 0 Å². The van der Waals surface area contributed by atoms with E-state index < -0.39 is 11.8 Å². The van der Waals surface area contributed by atoms with E-state index in [0.29, 0.717) is 15.4 Å². The molecule has 0 aliphatic carbocycles. The molecule has 2 aromatic rings. The summed E-state index contributed by atoms with van der Waals surface area (Å²) in [6.07, 6.45) is 0. The van der Waals surface area contributed by atoms with E-state index in [1.165, 1.54) is 23.5 Å². The quantitative estimate of drug-likeness (QED) is 0.908. The van der Waals surface area contributed by atoms with Crippen LogP contribution in [0, 0.1) is 12.7 Å². The van der Waals surface area contributed by atoms with Crippen molar-refractivity contribution < 1.29 is 14.3 Å². The summed E-state index contributed by atoms with van der Waals surface area (Å²) in [6.45, 7) is 1.66. The molecule has 0 spiro atoms. The van der Waals surface area contributed by atoms with E-state index in [4.69, 9.17) is 16.7 Å². The highest BCUT2D eigenvalue weighted by molar-refractivity contribution is 7.15. The summed E-state index contributed by atoms with van der Waals surface area (Å²) < 4.78 is 13.2. The predicted octanol–water partition coefficient (Wildman–Crippen LogP) is 3.61. The average molecular weight is 272 g/mol. The number of nitrogens with zero attached hydrogens (tertiary/aromatic N) is 1.